The molecule has 78 heavy (non-hydrogen) atoms. The zero-order valence-corrected chi connectivity index (χ0v) is 37.8. The van der Waals surface area contributed by atoms with Gasteiger partial charge in [-0.2, -0.15) is 0 Å². The van der Waals surface area contributed by atoms with Crippen molar-refractivity contribution in [3.8, 4) is 125 Å². The third-order valence-electron chi connectivity index (χ3n) is 13.2. The normalized spacial score (nSPS) is 19.3. The number of hydrogen-bond donors (Lipinski definition) is 17. The standard InChI is InChI=1S/C48H28O30/c49-11-2-7-15(29(57)26(11)54)6-1-10(25(53)34(62)24(6)52)45(68)77-40-37-14(73-48(71)41(40)78-43(7)66)5-72-42(65)8-3-12(50)27(55)30(58)16(8)18-22-20-21-23(47(70)76-38(20)35(63)32(18)60)19(33(61)36(64)39(21)75-46(22)69)17-9(44(67)74-37)4-13(51)28(56)31(17)59/h1-4,14,37,40-41,48-64,71H,5H2/t14-,37+,40-,41-,48-/m0/s1. The van der Waals surface area contributed by atoms with Crippen molar-refractivity contribution in [1.29, 1.82) is 0 Å². The Kier molecular flexibility index (Phi) is 10.3. The van der Waals surface area contributed by atoms with Gasteiger partial charge >= 0.3 is 35.1 Å². The molecule has 8 bridgehead atoms. The molecule has 2 aromatic heterocycles. The summed E-state index contributed by atoms with van der Waals surface area (Å²) in [4.78, 5) is 86.4. The number of hydrogen-bond acceptors (Lipinski definition) is 30. The van der Waals surface area contributed by atoms with Crippen molar-refractivity contribution >= 4 is 56.6 Å². The van der Waals surface area contributed by atoms with E-state index in [1.807, 2.05) is 0 Å². The molecule has 0 amide bonds. The van der Waals surface area contributed by atoms with E-state index in [9.17, 15) is 116 Å². The fourth-order valence-electron chi connectivity index (χ4n) is 9.68. The van der Waals surface area contributed by atoms with E-state index in [2.05, 4.69) is 0 Å². The topological polar surface area (TPSA) is 519 Å². The number of carbonyl (C=O) groups is 4. The van der Waals surface area contributed by atoms with Gasteiger partial charge in [-0.1, -0.05) is 0 Å². The molecule has 0 saturated carbocycles. The van der Waals surface area contributed by atoms with E-state index in [4.69, 9.17) is 32.5 Å². The minimum Gasteiger partial charge on any atom is -0.504 e. The summed E-state index contributed by atoms with van der Waals surface area (Å²) in [5.41, 5.74) is -17.6. The first kappa shape index (κ1) is 49.1. The SMILES string of the molecule is O=C1O[C@H]2[C@@H]3OC(=O)c4cc(O)c(O)c(O)c4-c4c(O)c(O)c5oc(=O)c6c(c(O)c(O)c7oc(=O)c4c5c76)-c4c(cc(O)c(O)c4O)C(=O)OC[C@@H]3O[C@H](O)[C@H]2OC(=O)c2cc(O)c(O)c(O)c2-c2cc1c(O)c(O)c2O. The Morgan fingerprint density at radius 1 is 0.346 bits per heavy atom. The van der Waals surface area contributed by atoms with Crippen molar-refractivity contribution in [2.24, 2.45) is 0 Å². The molecule has 1 saturated heterocycles. The Morgan fingerprint density at radius 2 is 0.731 bits per heavy atom. The summed E-state index contributed by atoms with van der Waals surface area (Å²) in [6.45, 7) is -1.47. The first-order chi connectivity index (χ1) is 36.8. The Hall–Kier alpha value is -11.1. The highest BCUT2D eigenvalue weighted by atomic mass is 16.7. The largest absolute Gasteiger partial charge is 0.504 e. The van der Waals surface area contributed by atoms with Crippen LogP contribution in [0.5, 0.6) is 92.0 Å². The molecule has 400 valence electrons. The van der Waals surface area contributed by atoms with Gasteiger partial charge in [0.05, 0.1) is 27.5 Å². The molecule has 0 unspecified atom stereocenters. The van der Waals surface area contributed by atoms with Crippen LogP contribution >= 0.6 is 0 Å². The predicted octanol–water partition coefficient (Wildman–Crippen LogP) is 1.96. The number of esters is 4. The Morgan fingerprint density at radius 3 is 1.22 bits per heavy atom. The van der Waals surface area contributed by atoms with E-state index in [0.717, 1.165) is 0 Å². The molecule has 30 nitrogen and oxygen atoms in total. The van der Waals surface area contributed by atoms with Gasteiger partial charge in [0.2, 0.25) is 34.5 Å². The van der Waals surface area contributed by atoms with Gasteiger partial charge in [0.1, 0.15) is 18.3 Å². The fraction of sp³-hybridized carbons (Fsp3) is 0.125. The lowest BCUT2D eigenvalue weighted by molar-refractivity contribution is -0.284. The molecule has 1 fully saturated rings. The molecular formula is C48H28O30. The summed E-state index contributed by atoms with van der Waals surface area (Å²) >= 11 is 0. The van der Waals surface area contributed by atoms with Gasteiger partial charge in [0.15, 0.2) is 93.3 Å². The Bertz CT molecular complexity index is 4240. The molecule has 8 aromatic rings. The minimum atomic E-state index is -2.73. The number of phenolic OH excluding ortho intramolecular Hbond substituents is 16. The number of fused-ring (bicyclic) bond motifs is 11. The van der Waals surface area contributed by atoms with Crippen molar-refractivity contribution < 1.29 is 139 Å². The summed E-state index contributed by atoms with van der Waals surface area (Å²) in [6.07, 6.45) is -13.0. The third-order valence-corrected chi connectivity index (χ3v) is 13.2. The summed E-state index contributed by atoms with van der Waals surface area (Å²) in [7, 11) is 0. The van der Waals surface area contributed by atoms with Crippen LogP contribution in [-0.4, -0.2) is 148 Å². The van der Waals surface area contributed by atoms with Crippen LogP contribution in [0.3, 0.4) is 0 Å². The smallest absolute Gasteiger partial charge is 0.345 e. The molecule has 0 radical (unpaired) electrons. The summed E-state index contributed by atoms with van der Waals surface area (Å²) in [6, 6.07) is 1.52. The molecule has 0 spiro atoms. The van der Waals surface area contributed by atoms with Crippen LogP contribution in [0, 0.1) is 0 Å². The molecular weight excluding hydrogens is 1060 g/mol. The van der Waals surface area contributed by atoms with Gasteiger partial charge in [-0.3, -0.25) is 0 Å². The average Bonchev–Trinajstić information content (AvgIpc) is 3.48. The highest BCUT2D eigenvalue weighted by Crippen LogP contribution is 2.59. The summed E-state index contributed by atoms with van der Waals surface area (Å²) in [5, 5.41) is 185. The van der Waals surface area contributed by atoms with Crippen molar-refractivity contribution in [2.45, 2.75) is 30.7 Å². The number of cyclic esters (lactones) is 1. The highest BCUT2D eigenvalue weighted by molar-refractivity contribution is 6.29. The van der Waals surface area contributed by atoms with E-state index in [1.54, 1.807) is 0 Å². The molecule has 0 aliphatic carbocycles. The number of rotatable bonds is 0. The van der Waals surface area contributed by atoms with Crippen LogP contribution < -0.4 is 11.3 Å². The molecule has 17 N–H and O–H groups in total. The highest BCUT2D eigenvalue weighted by Gasteiger charge is 2.54. The van der Waals surface area contributed by atoms with Gasteiger partial charge in [0, 0.05) is 44.2 Å². The van der Waals surface area contributed by atoms with Crippen LogP contribution in [0.15, 0.2) is 42.7 Å². The molecule has 3 aliphatic rings. The third kappa shape index (κ3) is 6.49. The molecule has 6 aromatic carbocycles. The predicted molar refractivity (Wildman–Crippen MR) is 245 cm³/mol. The lowest BCUT2D eigenvalue weighted by Gasteiger charge is -2.42. The van der Waals surface area contributed by atoms with Crippen LogP contribution in [0.2, 0.25) is 0 Å². The van der Waals surface area contributed by atoms with E-state index in [-0.39, 0.29) is 6.07 Å². The summed E-state index contributed by atoms with van der Waals surface area (Å²) < 4.78 is 38.5. The molecule has 11 rings (SSSR count). The minimum absolute atomic E-state index is 0.288. The second-order valence-electron chi connectivity index (χ2n) is 17.4. The number of carbonyl (C=O) groups excluding carboxylic acids is 4. The number of ether oxygens (including phenoxy) is 5. The maximum Gasteiger partial charge on any atom is 0.345 e. The number of aliphatic hydroxyl groups excluding tert-OH is 1. The maximum atomic E-state index is 15.0. The quantitative estimate of drug-likeness (QED) is 0.0339. The summed E-state index contributed by atoms with van der Waals surface area (Å²) in [5.74, 6) is -31.3. The van der Waals surface area contributed by atoms with E-state index in [0.29, 0.717) is 18.2 Å². The number of aromatic hydroxyl groups is 16. The average molecular weight is 1080 g/mol. The first-order valence-electron chi connectivity index (χ1n) is 21.7. The van der Waals surface area contributed by atoms with Crippen molar-refractivity contribution in [3.63, 3.8) is 0 Å². The van der Waals surface area contributed by atoms with Crippen LogP contribution in [0.1, 0.15) is 41.4 Å². The second kappa shape index (κ2) is 16.4. The second-order valence-corrected chi connectivity index (χ2v) is 17.4. The molecule has 30 heteroatoms. The molecule has 5 atom stereocenters. The fourth-order valence-corrected chi connectivity index (χ4v) is 9.68. The van der Waals surface area contributed by atoms with Crippen LogP contribution in [-0.2, 0) is 23.7 Å². The monoisotopic (exact) mass is 1080 g/mol. The van der Waals surface area contributed by atoms with E-state index in [1.165, 1.54) is 0 Å². The molecule has 5 heterocycles. The lowest BCUT2D eigenvalue weighted by atomic mass is 9.88. The van der Waals surface area contributed by atoms with Gasteiger partial charge in [-0.05, 0) is 24.3 Å². The Labute approximate surface area is 424 Å². The van der Waals surface area contributed by atoms with Gasteiger partial charge < -0.3 is 119 Å². The zero-order chi connectivity index (χ0) is 56.3. The van der Waals surface area contributed by atoms with E-state index < -0.39 is 253 Å². The van der Waals surface area contributed by atoms with E-state index >= 15 is 0 Å². The Balaban J connectivity index is 1.22. The lowest BCUT2D eigenvalue weighted by Crippen LogP contribution is -2.62. The number of phenols is 16. The van der Waals surface area contributed by atoms with Crippen LogP contribution in [0.4, 0.5) is 0 Å². The van der Waals surface area contributed by atoms with Gasteiger partial charge in [0.25, 0.3) is 0 Å². The van der Waals surface area contributed by atoms with Gasteiger partial charge in [-0.25, -0.2) is 28.8 Å². The van der Waals surface area contributed by atoms with Crippen molar-refractivity contribution in [3.05, 3.63) is 67.4 Å². The van der Waals surface area contributed by atoms with Crippen molar-refractivity contribution in [1.82, 2.24) is 0 Å². The zero-order valence-electron chi connectivity index (χ0n) is 37.8. The number of aliphatic hydroxyl groups is 1. The van der Waals surface area contributed by atoms with Crippen LogP contribution in [0.25, 0.3) is 66.1 Å². The molecule has 3 aliphatic heterocycles. The maximum absolute atomic E-state index is 15.0. The van der Waals surface area contributed by atoms with Crippen molar-refractivity contribution in [2.75, 3.05) is 6.61 Å². The number of benzene rings is 6. The first-order valence-corrected chi connectivity index (χ1v) is 21.7. The van der Waals surface area contributed by atoms with Gasteiger partial charge in [-0.15, -0.1) is 0 Å².